The third-order valence-electron chi connectivity index (χ3n) is 3.75. The summed E-state index contributed by atoms with van der Waals surface area (Å²) in [7, 11) is 0. The number of hydrogen-bond donors (Lipinski definition) is 0. The second kappa shape index (κ2) is 7.20. The van der Waals surface area contributed by atoms with Gasteiger partial charge in [0.1, 0.15) is 11.7 Å². The van der Waals surface area contributed by atoms with Gasteiger partial charge in [0, 0.05) is 13.0 Å². The number of ketones is 1. The molecular formula is C16H22N2O3. The minimum absolute atomic E-state index is 0.0298. The van der Waals surface area contributed by atoms with Gasteiger partial charge in [0.2, 0.25) is 0 Å². The van der Waals surface area contributed by atoms with Crippen LogP contribution in [0, 0.1) is 0 Å². The van der Waals surface area contributed by atoms with E-state index in [0.29, 0.717) is 18.7 Å². The number of nitrogens with zero attached hydrogens (tertiary/aromatic N) is 2. The highest BCUT2D eigenvalue weighted by Crippen LogP contribution is 2.25. The van der Waals surface area contributed by atoms with E-state index in [1.807, 2.05) is 24.8 Å². The molecule has 1 aromatic rings. The summed E-state index contributed by atoms with van der Waals surface area (Å²) in [6.07, 6.45) is 5.00. The topological polar surface area (TPSA) is 59.5 Å². The molecule has 2 heterocycles. The van der Waals surface area contributed by atoms with E-state index in [-0.39, 0.29) is 17.8 Å². The van der Waals surface area contributed by atoms with Crippen molar-refractivity contribution < 1.29 is 14.3 Å². The van der Waals surface area contributed by atoms with Gasteiger partial charge < -0.3 is 9.64 Å². The first-order valence-corrected chi connectivity index (χ1v) is 7.59. The van der Waals surface area contributed by atoms with Crippen LogP contribution in [0.15, 0.2) is 18.3 Å². The van der Waals surface area contributed by atoms with Crippen molar-refractivity contribution in [3.05, 3.63) is 24.0 Å². The van der Waals surface area contributed by atoms with Crippen molar-refractivity contribution in [3.63, 3.8) is 0 Å². The van der Waals surface area contributed by atoms with Crippen molar-refractivity contribution in [2.75, 3.05) is 18.1 Å². The lowest BCUT2D eigenvalue weighted by Gasteiger charge is -2.35. The molecule has 1 unspecified atom stereocenters. The van der Waals surface area contributed by atoms with Gasteiger partial charge in [-0.25, -0.2) is 4.79 Å². The minimum Gasteiger partial charge on any atom is -0.464 e. The van der Waals surface area contributed by atoms with Crippen molar-refractivity contribution in [2.24, 2.45) is 0 Å². The normalized spacial score (nSPS) is 18.4. The van der Waals surface area contributed by atoms with Crippen LogP contribution in [0.2, 0.25) is 0 Å². The van der Waals surface area contributed by atoms with Crippen LogP contribution in [-0.4, -0.2) is 35.9 Å². The molecule has 1 fully saturated rings. The Morgan fingerprint density at radius 3 is 2.76 bits per heavy atom. The molecule has 5 heteroatoms. The van der Waals surface area contributed by atoms with Gasteiger partial charge in [-0.1, -0.05) is 6.92 Å². The molecule has 0 aliphatic carbocycles. The molecule has 21 heavy (non-hydrogen) atoms. The third-order valence-corrected chi connectivity index (χ3v) is 3.75. The molecule has 0 N–H and O–H groups in total. The van der Waals surface area contributed by atoms with E-state index in [1.54, 1.807) is 12.3 Å². The van der Waals surface area contributed by atoms with E-state index in [9.17, 15) is 9.59 Å². The molecule has 0 bridgehead atoms. The zero-order chi connectivity index (χ0) is 15.2. The average Bonchev–Trinajstić information content (AvgIpc) is 2.54. The van der Waals surface area contributed by atoms with E-state index < -0.39 is 0 Å². The Hall–Kier alpha value is -1.91. The quantitative estimate of drug-likeness (QED) is 0.616. The smallest absolute Gasteiger partial charge is 0.328 e. The average molecular weight is 290 g/mol. The van der Waals surface area contributed by atoms with Crippen molar-refractivity contribution in [1.82, 2.24) is 4.98 Å². The predicted molar refractivity (Wildman–Crippen MR) is 80.5 cm³/mol. The zero-order valence-corrected chi connectivity index (χ0v) is 12.7. The molecular weight excluding hydrogens is 268 g/mol. The van der Waals surface area contributed by atoms with Crippen molar-refractivity contribution in [3.8, 4) is 0 Å². The Morgan fingerprint density at radius 2 is 2.14 bits per heavy atom. The summed E-state index contributed by atoms with van der Waals surface area (Å²) >= 11 is 0. The fourth-order valence-corrected chi connectivity index (χ4v) is 2.63. The summed E-state index contributed by atoms with van der Waals surface area (Å²) in [5, 5.41) is 0. The van der Waals surface area contributed by atoms with Gasteiger partial charge >= 0.3 is 5.97 Å². The zero-order valence-electron chi connectivity index (χ0n) is 12.7. The van der Waals surface area contributed by atoms with E-state index >= 15 is 0 Å². The summed E-state index contributed by atoms with van der Waals surface area (Å²) in [6.45, 7) is 4.84. The predicted octanol–water partition coefficient (Wildman–Crippen LogP) is 2.60. The first-order chi connectivity index (χ1) is 10.2. The molecule has 1 saturated heterocycles. The summed E-state index contributed by atoms with van der Waals surface area (Å²) in [6, 6.07) is 3.36. The number of anilines is 1. The van der Waals surface area contributed by atoms with Crippen molar-refractivity contribution in [2.45, 2.75) is 45.6 Å². The van der Waals surface area contributed by atoms with Gasteiger partial charge in [-0.3, -0.25) is 9.78 Å². The maximum atomic E-state index is 12.1. The lowest BCUT2D eigenvalue weighted by molar-refractivity contribution is -0.145. The molecule has 1 aromatic heterocycles. The maximum Gasteiger partial charge on any atom is 0.328 e. The Bertz CT molecular complexity index is 499. The monoisotopic (exact) mass is 290 g/mol. The number of rotatable bonds is 5. The molecule has 5 nitrogen and oxygen atoms in total. The molecule has 1 atom stereocenters. The van der Waals surface area contributed by atoms with Gasteiger partial charge in [-0.05, 0) is 38.3 Å². The fraction of sp³-hybridized carbons (Fsp3) is 0.562. The highest BCUT2D eigenvalue weighted by molar-refractivity contribution is 5.94. The van der Waals surface area contributed by atoms with E-state index in [4.69, 9.17) is 4.74 Å². The van der Waals surface area contributed by atoms with Gasteiger partial charge in [0.25, 0.3) is 0 Å². The van der Waals surface area contributed by atoms with Crippen LogP contribution in [-0.2, 0) is 9.53 Å². The molecule has 0 radical (unpaired) electrons. The van der Waals surface area contributed by atoms with Crippen LogP contribution in [0.1, 0.15) is 50.0 Å². The van der Waals surface area contributed by atoms with E-state index in [2.05, 4.69) is 4.98 Å². The number of hydrogen-bond acceptors (Lipinski definition) is 5. The molecule has 2 rings (SSSR count). The highest BCUT2D eigenvalue weighted by atomic mass is 16.5. The molecule has 0 saturated carbocycles. The first-order valence-electron chi connectivity index (χ1n) is 7.59. The van der Waals surface area contributed by atoms with E-state index in [1.165, 1.54) is 0 Å². The summed E-state index contributed by atoms with van der Waals surface area (Å²) in [5.41, 5.74) is 1.35. The van der Waals surface area contributed by atoms with Crippen molar-refractivity contribution >= 4 is 17.4 Å². The van der Waals surface area contributed by atoms with Gasteiger partial charge in [-0.15, -0.1) is 0 Å². The Kier molecular flexibility index (Phi) is 5.31. The van der Waals surface area contributed by atoms with Gasteiger partial charge in [-0.2, -0.15) is 0 Å². The van der Waals surface area contributed by atoms with Crippen LogP contribution in [0.4, 0.5) is 5.69 Å². The van der Waals surface area contributed by atoms with Crippen LogP contribution >= 0.6 is 0 Å². The minimum atomic E-state index is -0.242. The van der Waals surface area contributed by atoms with Crippen LogP contribution in [0.3, 0.4) is 0 Å². The second-order valence-corrected chi connectivity index (χ2v) is 5.14. The number of carbonyl (C=O) groups excluding carboxylic acids is 2. The Morgan fingerprint density at radius 1 is 1.33 bits per heavy atom. The molecule has 0 aromatic carbocycles. The van der Waals surface area contributed by atoms with Crippen molar-refractivity contribution in [1.29, 1.82) is 0 Å². The molecule has 114 valence electrons. The standard InChI is InChI=1S/C16H22N2O3/c1-3-15(19)13-9-8-12(11-17-13)18-10-6-5-7-14(18)16(20)21-4-2/h8-9,11,14H,3-7,10H2,1-2H3. The number of aromatic nitrogens is 1. The fourth-order valence-electron chi connectivity index (χ4n) is 2.63. The number of pyridine rings is 1. The Balaban J connectivity index is 2.17. The van der Waals surface area contributed by atoms with Crippen LogP contribution < -0.4 is 4.90 Å². The number of piperidine rings is 1. The number of Topliss-reactive ketones (excluding diaryl/α,β-unsaturated/α-hetero) is 1. The lowest BCUT2D eigenvalue weighted by Crippen LogP contribution is -2.45. The number of ether oxygens (including phenoxy) is 1. The van der Waals surface area contributed by atoms with E-state index in [0.717, 1.165) is 31.5 Å². The lowest BCUT2D eigenvalue weighted by atomic mass is 10.0. The molecule has 1 aliphatic heterocycles. The number of esters is 1. The first kappa shape index (κ1) is 15.5. The molecule has 1 aliphatic rings. The summed E-state index contributed by atoms with van der Waals surface area (Å²) < 4.78 is 5.16. The molecule has 0 spiro atoms. The number of carbonyl (C=O) groups is 2. The third kappa shape index (κ3) is 3.60. The largest absolute Gasteiger partial charge is 0.464 e. The second-order valence-electron chi connectivity index (χ2n) is 5.14. The maximum absolute atomic E-state index is 12.1. The van der Waals surface area contributed by atoms with Gasteiger partial charge in [0.05, 0.1) is 18.5 Å². The SMILES string of the molecule is CCOC(=O)C1CCCCN1c1ccc(C(=O)CC)nc1. The molecule has 0 amide bonds. The van der Waals surface area contributed by atoms with Gasteiger partial charge in [0.15, 0.2) is 5.78 Å². The Labute approximate surface area is 125 Å². The highest BCUT2D eigenvalue weighted by Gasteiger charge is 2.30. The summed E-state index contributed by atoms with van der Waals surface area (Å²) in [4.78, 5) is 29.9. The van der Waals surface area contributed by atoms with Crippen LogP contribution in [0.25, 0.3) is 0 Å². The van der Waals surface area contributed by atoms with Crippen LogP contribution in [0.5, 0.6) is 0 Å². The summed E-state index contributed by atoms with van der Waals surface area (Å²) in [5.74, 6) is -0.145.